The molecule has 4 unspecified atom stereocenters. The van der Waals surface area contributed by atoms with Crippen molar-refractivity contribution in [2.24, 2.45) is 17.6 Å². The quantitative estimate of drug-likeness (QED) is 0.806. The maximum Gasteiger partial charge on any atom is 0.145 e. The topological polar surface area (TPSA) is 63.3 Å². The van der Waals surface area contributed by atoms with Crippen LogP contribution in [0, 0.1) is 11.8 Å². The summed E-state index contributed by atoms with van der Waals surface area (Å²) in [5.41, 5.74) is 7.05. The molecule has 0 aliphatic heterocycles. The van der Waals surface area contributed by atoms with Crippen LogP contribution in [0.25, 0.3) is 0 Å². The molecule has 1 aliphatic carbocycles. The SMILES string of the molecule is CC(CO)C(N)CC1C(=O)C1c1ccccc1. The van der Waals surface area contributed by atoms with E-state index < -0.39 is 0 Å². The van der Waals surface area contributed by atoms with E-state index in [0.29, 0.717) is 6.42 Å². The average molecular weight is 233 g/mol. The third kappa shape index (κ3) is 2.56. The number of nitrogens with two attached hydrogens (primary N) is 1. The fourth-order valence-electron chi connectivity index (χ4n) is 2.26. The summed E-state index contributed by atoms with van der Waals surface area (Å²) < 4.78 is 0. The van der Waals surface area contributed by atoms with Crippen LogP contribution in [0.1, 0.15) is 24.8 Å². The molecule has 3 N–H and O–H groups in total. The van der Waals surface area contributed by atoms with Crippen LogP contribution in [0.5, 0.6) is 0 Å². The number of hydrogen-bond acceptors (Lipinski definition) is 3. The van der Waals surface area contributed by atoms with Gasteiger partial charge in [-0.05, 0) is 17.9 Å². The summed E-state index contributed by atoms with van der Waals surface area (Å²) in [6, 6.07) is 9.74. The zero-order valence-electron chi connectivity index (χ0n) is 10.0. The molecular weight excluding hydrogens is 214 g/mol. The standard InChI is InChI=1S/C14H19NO2/c1-9(8-16)12(15)7-11-13(14(11)17)10-5-3-2-4-6-10/h2-6,9,11-13,16H,7-8,15H2,1H3. The van der Waals surface area contributed by atoms with Gasteiger partial charge in [-0.3, -0.25) is 4.79 Å². The molecule has 0 radical (unpaired) electrons. The van der Waals surface area contributed by atoms with Crippen molar-refractivity contribution >= 4 is 5.78 Å². The Morgan fingerprint density at radius 3 is 2.59 bits per heavy atom. The lowest BCUT2D eigenvalue weighted by Crippen LogP contribution is -2.31. The number of aliphatic hydroxyl groups is 1. The van der Waals surface area contributed by atoms with Gasteiger partial charge in [0, 0.05) is 18.6 Å². The van der Waals surface area contributed by atoms with Crippen molar-refractivity contribution in [3.05, 3.63) is 35.9 Å². The second-order valence-corrected chi connectivity index (χ2v) is 4.96. The number of benzene rings is 1. The first-order chi connectivity index (χ1) is 8.15. The lowest BCUT2D eigenvalue weighted by atomic mass is 9.97. The Labute approximate surface area is 102 Å². The van der Waals surface area contributed by atoms with Crippen molar-refractivity contribution in [1.29, 1.82) is 0 Å². The van der Waals surface area contributed by atoms with Gasteiger partial charge in [-0.25, -0.2) is 0 Å². The highest BCUT2D eigenvalue weighted by Crippen LogP contribution is 2.46. The van der Waals surface area contributed by atoms with Crippen LogP contribution >= 0.6 is 0 Å². The number of carbonyl (C=O) groups is 1. The van der Waals surface area contributed by atoms with E-state index in [4.69, 9.17) is 10.8 Å². The lowest BCUT2D eigenvalue weighted by molar-refractivity contribution is -0.111. The normalized spacial score (nSPS) is 26.6. The highest BCUT2D eigenvalue weighted by atomic mass is 16.3. The van der Waals surface area contributed by atoms with Crippen LogP contribution in [-0.2, 0) is 4.79 Å². The number of Topliss-reactive ketones (excluding diaryl/α,β-unsaturated/α-hetero) is 1. The molecule has 17 heavy (non-hydrogen) atoms. The Bertz CT molecular complexity index is 390. The molecule has 1 aliphatic rings. The van der Waals surface area contributed by atoms with E-state index >= 15 is 0 Å². The van der Waals surface area contributed by atoms with E-state index in [9.17, 15) is 4.79 Å². The predicted octanol–water partition coefficient (Wildman–Crippen LogP) is 1.31. The summed E-state index contributed by atoms with van der Waals surface area (Å²) in [6.07, 6.45) is 0.681. The van der Waals surface area contributed by atoms with Crippen LogP contribution in [0.15, 0.2) is 30.3 Å². The molecule has 1 aromatic rings. The predicted molar refractivity (Wildman–Crippen MR) is 66.5 cm³/mol. The molecule has 0 amide bonds. The Morgan fingerprint density at radius 2 is 2.00 bits per heavy atom. The minimum atomic E-state index is -0.0948. The molecule has 0 bridgehead atoms. The fourth-order valence-corrected chi connectivity index (χ4v) is 2.26. The van der Waals surface area contributed by atoms with Gasteiger partial charge in [0.25, 0.3) is 0 Å². The maximum absolute atomic E-state index is 11.7. The number of rotatable bonds is 5. The van der Waals surface area contributed by atoms with E-state index in [-0.39, 0.29) is 36.2 Å². The molecule has 2 rings (SSSR count). The van der Waals surface area contributed by atoms with Gasteiger partial charge in [0.1, 0.15) is 5.78 Å². The van der Waals surface area contributed by atoms with Crippen molar-refractivity contribution in [3.8, 4) is 0 Å². The summed E-state index contributed by atoms with van der Waals surface area (Å²) in [7, 11) is 0. The Morgan fingerprint density at radius 1 is 1.35 bits per heavy atom. The Kier molecular flexibility index (Phi) is 3.60. The van der Waals surface area contributed by atoms with Gasteiger partial charge >= 0.3 is 0 Å². The number of carbonyl (C=O) groups excluding carboxylic acids is 1. The molecule has 0 aromatic heterocycles. The first-order valence-electron chi connectivity index (χ1n) is 6.10. The van der Waals surface area contributed by atoms with Crippen molar-refractivity contribution in [2.75, 3.05) is 6.61 Å². The highest BCUT2D eigenvalue weighted by molar-refractivity contribution is 6.04. The molecular formula is C14H19NO2. The molecule has 0 heterocycles. The Balaban J connectivity index is 1.96. The van der Waals surface area contributed by atoms with Gasteiger partial charge in [0.15, 0.2) is 0 Å². The zero-order chi connectivity index (χ0) is 12.4. The molecule has 3 nitrogen and oxygen atoms in total. The number of hydrogen-bond donors (Lipinski definition) is 2. The minimum absolute atomic E-state index is 0.0353. The molecule has 1 saturated carbocycles. The van der Waals surface area contributed by atoms with Crippen molar-refractivity contribution in [2.45, 2.75) is 25.3 Å². The first kappa shape index (κ1) is 12.3. The third-order valence-electron chi connectivity index (χ3n) is 3.67. The smallest absolute Gasteiger partial charge is 0.145 e. The molecule has 0 saturated heterocycles. The van der Waals surface area contributed by atoms with E-state index in [0.717, 1.165) is 5.56 Å². The highest BCUT2D eigenvalue weighted by Gasteiger charge is 2.50. The van der Waals surface area contributed by atoms with Crippen LogP contribution in [-0.4, -0.2) is 23.5 Å². The molecule has 92 valence electrons. The van der Waals surface area contributed by atoms with E-state index in [2.05, 4.69) is 0 Å². The minimum Gasteiger partial charge on any atom is -0.396 e. The van der Waals surface area contributed by atoms with Gasteiger partial charge in [0.05, 0.1) is 5.92 Å². The first-order valence-corrected chi connectivity index (χ1v) is 6.10. The summed E-state index contributed by atoms with van der Waals surface area (Å²) in [4.78, 5) is 11.7. The third-order valence-corrected chi connectivity index (χ3v) is 3.67. The molecule has 1 fully saturated rings. The van der Waals surface area contributed by atoms with Crippen LogP contribution in [0.2, 0.25) is 0 Å². The zero-order valence-corrected chi connectivity index (χ0v) is 10.0. The van der Waals surface area contributed by atoms with E-state index in [1.165, 1.54) is 0 Å². The monoisotopic (exact) mass is 233 g/mol. The largest absolute Gasteiger partial charge is 0.396 e. The van der Waals surface area contributed by atoms with Gasteiger partial charge in [-0.2, -0.15) is 0 Å². The second-order valence-electron chi connectivity index (χ2n) is 4.96. The molecule has 1 aromatic carbocycles. The van der Waals surface area contributed by atoms with Gasteiger partial charge < -0.3 is 10.8 Å². The second kappa shape index (κ2) is 4.98. The summed E-state index contributed by atoms with van der Waals surface area (Å²) >= 11 is 0. The number of aliphatic hydroxyl groups excluding tert-OH is 1. The van der Waals surface area contributed by atoms with Gasteiger partial charge in [-0.1, -0.05) is 37.3 Å². The van der Waals surface area contributed by atoms with Crippen molar-refractivity contribution in [3.63, 3.8) is 0 Å². The average Bonchev–Trinajstić information content (AvgIpc) is 2.99. The maximum atomic E-state index is 11.7. The fraction of sp³-hybridized carbons (Fsp3) is 0.500. The van der Waals surface area contributed by atoms with E-state index in [1.54, 1.807) is 0 Å². The number of ketones is 1. The lowest BCUT2D eigenvalue weighted by Gasteiger charge is -2.16. The molecule has 3 heteroatoms. The van der Waals surface area contributed by atoms with Crippen molar-refractivity contribution < 1.29 is 9.90 Å². The summed E-state index contributed by atoms with van der Waals surface area (Å²) in [6.45, 7) is 1.99. The Hall–Kier alpha value is -1.19. The van der Waals surface area contributed by atoms with Gasteiger partial charge in [-0.15, -0.1) is 0 Å². The molecule has 4 atom stereocenters. The summed E-state index contributed by atoms with van der Waals surface area (Å²) in [5.74, 6) is 0.436. The van der Waals surface area contributed by atoms with Gasteiger partial charge in [0.2, 0.25) is 0 Å². The van der Waals surface area contributed by atoms with Crippen molar-refractivity contribution in [1.82, 2.24) is 0 Å². The van der Waals surface area contributed by atoms with Crippen LogP contribution < -0.4 is 5.73 Å². The summed E-state index contributed by atoms with van der Waals surface area (Å²) in [5, 5.41) is 9.02. The van der Waals surface area contributed by atoms with E-state index in [1.807, 2.05) is 37.3 Å². The van der Waals surface area contributed by atoms with Crippen LogP contribution in [0.3, 0.4) is 0 Å². The van der Waals surface area contributed by atoms with Crippen LogP contribution in [0.4, 0.5) is 0 Å². The molecule has 0 spiro atoms.